The Morgan fingerprint density at radius 2 is 0.905 bits per heavy atom. The first kappa shape index (κ1) is 21.0. The number of rotatable bonds is 16. The second-order valence-corrected chi connectivity index (χ2v) is 6.73. The summed E-state index contributed by atoms with van der Waals surface area (Å²) in [6.07, 6.45) is 18.9. The van der Waals surface area contributed by atoms with E-state index in [1.807, 2.05) is 0 Å². The lowest BCUT2D eigenvalue weighted by Crippen LogP contribution is -2.31. The van der Waals surface area contributed by atoms with Gasteiger partial charge in [0.05, 0.1) is 0 Å². The summed E-state index contributed by atoms with van der Waals surface area (Å²) < 4.78 is 0. The Labute approximate surface area is 135 Å². The van der Waals surface area contributed by atoms with Crippen LogP contribution in [0, 0.1) is 0 Å². The van der Waals surface area contributed by atoms with Crippen LogP contribution in [0.4, 0.5) is 0 Å². The fraction of sp³-hybridized carbons (Fsp3) is 1.00. The molecule has 0 aromatic rings. The molecule has 0 fully saturated rings. The summed E-state index contributed by atoms with van der Waals surface area (Å²) in [4.78, 5) is 0. The normalized spacial score (nSPS) is 14.3. The van der Waals surface area contributed by atoms with E-state index in [4.69, 9.17) is 5.32 Å². The second-order valence-electron chi connectivity index (χ2n) is 6.73. The number of hydrogen-bond donors (Lipinski definition) is 0. The highest BCUT2D eigenvalue weighted by molar-refractivity contribution is 4.74. The quantitative estimate of drug-likeness (QED) is 0.276. The molecule has 0 N–H and O–H groups in total. The zero-order chi connectivity index (χ0) is 15.8. The van der Waals surface area contributed by atoms with E-state index >= 15 is 0 Å². The lowest BCUT2D eigenvalue weighted by atomic mass is 9.98. The Bertz CT molecular complexity index is 170. The molecule has 0 aromatic heterocycles. The van der Waals surface area contributed by atoms with Crippen LogP contribution in [-0.4, -0.2) is 12.1 Å². The van der Waals surface area contributed by atoms with Gasteiger partial charge in [-0.3, -0.25) is 0 Å². The van der Waals surface area contributed by atoms with E-state index in [0.29, 0.717) is 12.1 Å². The lowest BCUT2D eigenvalue weighted by molar-refractivity contribution is 0.333. The van der Waals surface area contributed by atoms with Crippen molar-refractivity contribution in [3.05, 3.63) is 0 Å². The molecule has 0 aliphatic heterocycles. The molecular weight excluding hydrogens is 254 g/mol. The highest BCUT2D eigenvalue weighted by Gasteiger charge is 2.15. The maximum atomic E-state index is 5.25. The molecule has 127 valence electrons. The zero-order valence-corrected chi connectivity index (χ0v) is 15.5. The van der Waals surface area contributed by atoms with Crippen LogP contribution in [0.5, 0.6) is 0 Å². The maximum Gasteiger partial charge on any atom is 0.0249 e. The van der Waals surface area contributed by atoms with Gasteiger partial charge in [-0.15, -0.1) is 0 Å². The van der Waals surface area contributed by atoms with Gasteiger partial charge < -0.3 is 0 Å². The standard InChI is InChI=1S/C20H42N/c1-5-9-11-13-17-19(15-7-3)21-20(16-8-4)18-14-12-10-6-2/h19-20H,5-18H2,1-4H3. The van der Waals surface area contributed by atoms with Gasteiger partial charge in [-0.1, -0.05) is 91.9 Å². The minimum absolute atomic E-state index is 0.648. The molecule has 0 aromatic carbocycles. The molecule has 0 saturated heterocycles. The van der Waals surface area contributed by atoms with Crippen LogP contribution >= 0.6 is 0 Å². The third-order valence-electron chi connectivity index (χ3n) is 4.45. The van der Waals surface area contributed by atoms with Crippen LogP contribution in [0.3, 0.4) is 0 Å². The molecule has 0 amide bonds. The Balaban J connectivity index is 4.04. The molecule has 2 atom stereocenters. The van der Waals surface area contributed by atoms with Crippen molar-refractivity contribution in [2.45, 2.75) is 130 Å². The molecule has 0 rings (SSSR count). The van der Waals surface area contributed by atoms with Gasteiger partial charge in [-0.25, -0.2) is 5.32 Å². The largest absolute Gasteiger partial charge is 0.235 e. The minimum Gasteiger partial charge on any atom is -0.235 e. The third-order valence-corrected chi connectivity index (χ3v) is 4.45. The zero-order valence-electron chi connectivity index (χ0n) is 15.5. The van der Waals surface area contributed by atoms with Gasteiger partial charge in [0.15, 0.2) is 0 Å². The van der Waals surface area contributed by atoms with Gasteiger partial charge in [0.1, 0.15) is 0 Å². The SMILES string of the molecule is CCCCCCC(CCC)[N]C(CCC)CCCCCC. The molecule has 0 bridgehead atoms. The smallest absolute Gasteiger partial charge is 0.0249 e. The van der Waals surface area contributed by atoms with Crippen molar-refractivity contribution in [2.75, 3.05) is 0 Å². The fourth-order valence-electron chi connectivity index (χ4n) is 3.16. The Kier molecular flexibility index (Phi) is 16.3. The lowest BCUT2D eigenvalue weighted by Gasteiger charge is -2.24. The predicted molar refractivity (Wildman–Crippen MR) is 97.0 cm³/mol. The van der Waals surface area contributed by atoms with Gasteiger partial charge in [-0.05, 0) is 25.7 Å². The molecule has 0 aliphatic carbocycles. The highest BCUT2D eigenvalue weighted by Crippen LogP contribution is 2.16. The Morgan fingerprint density at radius 3 is 1.24 bits per heavy atom. The second kappa shape index (κ2) is 16.3. The first-order valence-corrected chi connectivity index (χ1v) is 9.98. The van der Waals surface area contributed by atoms with Gasteiger partial charge in [0.2, 0.25) is 0 Å². The number of unbranched alkanes of at least 4 members (excludes halogenated alkanes) is 6. The van der Waals surface area contributed by atoms with E-state index in [1.165, 1.54) is 89.9 Å². The van der Waals surface area contributed by atoms with Crippen LogP contribution in [0.1, 0.15) is 118 Å². The number of nitrogens with zero attached hydrogens (tertiary/aromatic N) is 1. The molecule has 0 saturated carbocycles. The summed E-state index contributed by atoms with van der Waals surface area (Å²) in [5.41, 5.74) is 0. The molecule has 21 heavy (non-hydrogen) atoms. The Hall–Kier alpha value is -0.0400. The van der Waals surface area contributed by atoms with Crippen molar-refractivity contribution in [3.63, 3.8) is 0 Å². The van der Waals surface area contributed by atoms with E-state index in [2.05, 4.69) is 27.7 Å². The van der Waals surface area contributed by atoms with Gasteiger partial charge in [-0.2, -0.15) is 0 Å². The first-order chi connectivity index (χ1) is 10.3. The van der Waals surface area contributed by atoms with Crippen LogP contribution < -0.4 is 5.32 Å². The molecule has 0 heterocycles. The topological polar surface area (TPSA) is 14.1 Å². The van der Waals surface area contributed by atoms with Crippen molar-refractivity contribution < 1.29 is 0 Å². The molecule has 1 radical (unpaired) electrons. The summed E-state index contributed by atoms with van der Waals surface area (Å²) in [7, 11) is 0. The van der Waals surface area contributed by atoms with Crippen molar-refractivity contribution in [1.29, 1.82) is 0 Å². The van der Waals surface area contributed by atoms with Crippen molar-refractivity contribution >= 4 is 0 Å². The predicted octanol–water partition coefficient (Wildman–Crippen LogP) is 6.87. The minimum atomic E-state index is 0.648. The van der Waals surface area contributed by atoms with Gasteiger partial charge in [0.25, 0.3) is 0 Å². The Morgan fingerprint density at radius 1 is 0.476 bits per heavy atom. The third kappa shape index (κ3) is 13.4. The molecule has 0 aliphatic rings. The van der Waals surface area contributed by atoms with Gasteiger partial charge >= 0.3 is 0 Å². The summed E-state index contributed by atoms with van der Waals surface area (Å²) in [6.45, 7) is 9.21. The maximum absolute atomic E-state index is 5.25. The fourth-order valence-corrected chi connectivity index (χ4v) is 3.16. The monoisotopic (exact) mass is 296 g/mol. The summed E-state index contributed by atoms with van der Waals surface area (Å²) in [5, 5.41) is 5.25. The average Bonchev–Trinajstić information content (AvgIpc) is 2.48. The average molecular weight is 297 g/mol. The molecule has 1 heteroatoms. The van der Waals surface area contributed by atoms with Crippen LogP contribution in [0.2, 0.25) is 0 Å². The van der Waals surface area contributed by atoms with E-state index in [-0.39, 0.29) is 0 Å². The van der Waals surface area contributed by atoms with E-state index in [9.17, 15) is 0 Å². The van der Waals surface area contributed by atoms with E-state index in [1.54, 1.807) is 0 Å². The van der Waals surface area contributed by atoms with Crippen molar-refractivity contribution in [3.8, 4) is 0 Å². The summed E-state index contributed by atoms with van der Waals surface area (Å²) in [6, 6.07) is 1.30. The molecule has 0 spiro atoms. The number of hydrogen-bond acceptors (Lipinski definition) is 0. The summed E-state index contributed by atoms with van der Waals surface area (Å²) >= 11 is 0. The van der Waals surface area contributed by atoms with Crippen molar-refractivity contribution in [2.24, 2.45) is 0 Å². The van der Waals surface area contributed by atoms with Crippen molar-refractivity contribution in [1.82, 2.24) is 5.32 Å². The van der Waals surface area contributed by atoms with Crippen LogP contribution in [-0.2, 0) is 0 Å². The molecular formula is C20H42N. The first-order valence-electron chi connectivity index (χ1n) is 9.98. The van der Waals surface area contributed by atoms with Crippen LogP contribution in [0.25, 0.3) is 0 Å². The van der Waals surface area contributed by atoms with Gasteiger partial charge in [0, 0.05) is 12.1 Å². The van der Waals surface area contributed by atoms with E-state index < -0.39 is 0 Å². The molecule has 1 nitrogen and oxygen atoms in total. The van der Waals surface area contributed by atoms with Crippen LogP contribution in [0.15, 0.2) is 0 Å². The molecule has 2 unspecified atom stereocenters. The summed E-state index contributed by atoms with van der Waals surface area (Å²) in [5.74, 6) is 0. The highest BCUT2D eigenvalue weighted by atomic mass is 14.9. The van der Waals surface area contributed by atoms with E-state index in [0.717, 1.165) is 0 Å².